The molecule has 0 aliphatic rings. The van der Waals surface area contributed by atoms with Crippen LogP contribution >= 0.6 is 11.3 Å². The highest BCUT2D eigenvalue weighted by atomic mass is 32.1. The average molecular weight is 400 g/mol. The van der Waals surface area contributed by atoms with Crippen molar-refractivity contribution in [1.82, 2.24) is 15.3 Å². The zero-order chi connectivity index (χ0) is 20.1. The first-order valence-corrected chi connectivity index (χ1v) is 10.3. The summed E-state index contributed by atoms with van der Waals surface area (Å²) in [5.41, 5.74) is 3.89. The lowest BCUT2D eigenvalue weighted by Gasteiger charge is -2.17. The molecule has 0 aliphatic carbocycles. The van der Waals surface area contributed by atoms with E-state index in [2.05, 4.69) is 15.3 Å². The molecule has 1 amide bonds. The van der Waals surface area contributed by atoms with Crippen molar-refractivity contribution in [2.24, 2.45) is 0 Å². The summed E-state index contributed by atoms with van der Waals surface area (Å²) < 4.78 is 0. The van der Waals surface area contributed by atoms with Crippen LogP contribution in [-0.2, 0) is 11.3 Å². The Morgan fingerprint density at radius 2 is 1.62 bits per heavy atom. The van der Waals surface area contributed by atoms with Crippen molar-refractivity contribution < 1.29 is 4.79 Å². The van der Waals surface area contributed by atoms with Gasteiger partial charge in [0.25, 0.3) is 0 Å². The average Bonchev–Trinajstić information content (AvgIpc) is 3.15. The highest BCUT2D eigenvalue weighted by Gasteiger charge is 2.22. The number of nitrogens with zero attached hydrogens (tertiary/aromatic N) is 2. The Kier molecular flexibility index (Phi) is 5.77. The van der Waals surface area contributed by atoms with E-state index >= 15 is 0 Å². The molecule has 0 saturated carbocycles. The number of thiazole rings is 1. The van der Waals surface area contributed by atoms with Crippen molar-refractivity contribution >= 4 is 17.2 Å². The van der Waals surface area contributed by atoms with E-state index in [4.69, 9.17) is 0 Å². The van der Waals surface area contributed by atoms with Gasteiger partial charge in [-0.2, -0.15) is 0 Å². The van der Waals surface area contributed by atoms with Crippen LogP contribution in [0.5, 0.6) is 0 Å². The van der Waals surface area contributed by atoms with Gasteiger partial charge in [0.15, 0.2) is 0 Å². The third-order valence-corrected chi connectivity index (χ3v) is 5.96. The third kappa shape index (κ3) is 4.41. The molecule has 2 aromatic heterocycles. The summed E-state index contributed by atoms with van der Waals surface area (Å²) in [6, 6.07) is 23.7. The third-order valence-electron chi connectivity index (χ3n) is 4.75. The molecular formula is C24H21N3OS. The van der Waals surface area contributed by atoms with E-state index in [0.29, 0.717) is 6.54 Å². The molecule has 0 atom stereocenters. The molecule has 29 heavy (non-hydrogen) atoms. The largest absolute Gasteiger partial charge is 0.350 e. The van der Waals surface area contributed by atoms with Crippen LogP contribution in [0, 0.1) is 6.92 Å². The summed E-state index contributed by atoms with van der Waals surface area (Å²) in [6.45, 7) is 2.43. The minimum Gasteiger partial charge on any atom is -0.350 e. The first kappa shape index (κ1) is 19.0. The molecule has 0 saturated heterocycles. The van der Waals surface area contributed by atoms with Crippen molar-refractivity contribution in [3.8, 4) is 10.6 Å². The van der Waals surface area contributed by atoms with Gasteiger partial charge in [0, 0.05) is 22.8 Å². The molecule has 4 aromatic rings. The lowest BCUT2D eigenvalue weighted by molar-refractivity contribution is -0.121. The molecule has 0 unspecified atom stereocenters. The monoisotopic (exact) mass is 399 g/mol. The number of nitrogens with one attached hydrogen (secondary N) is 1. The van der Waals surface area contributed by atoms with E-state index in [1.54, 1.807) is 17.5 Å². The molecule has 4 rings (SSSR count). The maximum Gasteiger partial charge on any atom is 0.232 e. The number of hydrogen-bond donors (Lipinski definition) is 1. The number of hydrogen-bond acceptors (Lipinski definition) is 4. The van der Waals surface area contributed by atoms with Crippen LogP contribution in [0.1, 0.15) is 27.6 Å². The molecule has 144 valence electrons. The maximum absolute atomic E-state index is 13.2. The number of aromatic nitrogens is 2. The number of benzene rings is 2. The predicted molar refractivity (Wildman–Crippen MR) is 117 cm³/mol. The van der Waals surface area contributed by atoms with Crippen molar-refractivity contribution in [1.29, 1.82) is 0 Å². The standard InChI is InChI=1S/C24H21N3OS/c1-17-21(29-24(27-17)20-13-8-14-25-15-20)16-26-23(28)22(18-9-4-2-5-10-18)19-11-6-3-7-12-19/h2-15,22H,16H2,1H3,(H,26,28). The first-order valence-electron chi connectivity index (χ1n) is 9.46. The Bertz CT molecular complexity index is 1040. The first-order chi connectivity index (χ1) is 14.2. The van der Waals surface area contributed by atoms with Crippen molar-refractivity contribution in [2.45, 2.75) is 19.4 Å². The van der Waals surface area contributed by atoms with Gasteiger partial charge in [-0.1, -0.05) is 60.7 Å². The van der Waals surface area contributed by atoms with Gasteiger partial charge in [-0.25, -0.2) is 4.98 Å². The fraction of sp³-hybridized carbons (Fsp3) is 0.125. The number of pyridine rings is 1. The van der Waals surface area contributed by atoms with Gasteiger partial charge in [-0.15, -0.1) is 11.3 Å². The number of aryl methyl sites for hydroxylation is 1. The van der Waals surface area contributed by atoms with Crippen LogP contribution in [0.15, 0.2) is 85.2 Å². The Hall–Kier alpha value is -3.31. The molecule has 5 heteroatoms. The van der Waals surface area contributed by atoms with Crippen LogP contribution in [0.2, 0.25) is 0 Å². The summed E-state index contributed by atoms with van der Waals surface area (Å²) in [4.78, 5) is 23.0. The van der Waals surface area contributed by atoms with E-state index in [9.17, 15) is 4.79 Å². The van der Waals surface area contributed by atoms with Crippen LogP contribution in [-0.4, -0.2) is 15.9 Å². The Morgan fingerprint density at radius 3 is 2.21 bits per heavy atom. The smallest absolute Gasteiger partial charge is 0.232 e. The number of amides is 1. The van der Waals surface area contributed by atoms with E-state index in [-0.39, 0.29) is 11.8 Å². The van der Waals surface area contributed by atoms with Crippen molar-refractivity contribution in [3.05, 3.63) is 107 Å². The molecule has 0 aliphatic heterocycles. The fourth-order valence-corrected chi connectivity index (χ4v) is 4.25. The second-order valence-electron chi connectivity index (χ2n) is 6.74. The van der Waals surface area contributed by atoms with Crippen molar-refractivity contribution in [2.75, 3.05) is 0 Å². The van der Waals surface area contributed by atoms with E-state index in [1.807, 2.05) is 85.9 Å². The zero-order valence-electron chi connectivity index (χ0n) is 16.1. The van der Waals surface area contributed by atoms with Gasteiger partial charge in [-0.05, 0) is 30.2 Å². The van der Waals surface area contributed by atoms with Gasteiger partial charge in [0.2, 0.25) is 5.91 Å². The summed E-state index contributed by atoms with van der Waals surface area (Å²) in [5, 5.41) is 4.04. The second kappa shape index (κ2) is 8.80. The van der Waals surface area contributed by atoms with E-state index in [0.717, 1.165) is 32.3 Å². The van der Waals surface area contributed by atoms with Gasteiger partial charge in [-0.3, -0.25) is 9.78 Å². The molecule has 0 radical (unpaired) electrons. The summed E-state index contributed by atoms with van der Waals surface area (Å²) in [6.07, 6.45) is 3.56. The van der Waals surface area contributed by atoms with Gasteiger partial charge < -0.3 is 5.32 Å². The lowest BCUT2D eigenvalue weighted by atomic mass is 9.90. The van der Waals surface area contributed by atoms with E-state index < -0.39 is 0 Å². The summed E-state index contributed by atoms with van der Waals surface area (Å²) >= 11 is 1.59. The fourth-order valence-electron chi connectivity index (χ4n) is 3.26. The zero-order valence-corrected chi connectivity index (χ0v) is 16.9. The summed E-state index contributed by atoms with van der Waals surface area (Å²) in [7, 11) is 0. The molecular weight excluding hydrogens is 378 g/mol. The Labute approximate surface area is 174 Å². The number of rotatable bonds is 6. The highest BCUT2D eigenvalue weighted by Crippen LogP contribution is 2.28. The Morgan fingerprint density at radius 1 is 0.966 bits per heavy atom. The molecule has 0 fully saturated rings. The van der Waals surface area contributed by atoms with Gasteiger partial charge in [0.1, 0.15) is 5.01 Å². The lowest BCUT2D eigenvalue weighted by Crippen LogP contribution is -2.29. The maximum atomic E-state index is 13.2. The molecule has 4 nitrogen and oxygen atoms in total. The Balaban J connectivity index is 1.54. The predicted octanol–water partition coefficient (Wildman–Crippen LogP) is 4.96. The molecule has 2 heterocycles. The van der Waals surface area contributed by atoms with Crippen LogP contribution in [0.3, 0.4) is 0 Å². The highest BCUT2D eigenvalue weighted by molar-refractivity contribution is 7.15. The van der Waals surface area contributed by atoms with Crippen LogP contribution in [0.4, 0.5) is 0 Å². The SMILES string of the molecule is Cc1nc(-c2cccnc2)sc1CNC(=O)C(c1ccccc1)c1ccccc1. The topological polar surface area (TPSA) is 54.9 Å². The van der Waals surface area contributed by atoms with Gasteiger partial charge >= 0.3 is 0 Å². The number of carbonyl (C=O) groups excluding carboxylic acids is 1. The van der Waals surface area contributed by atoms with E-state index in [1.165, 1.54) is 0 Å². The minimum absolute atomic E-state index is 0.0156. The van der Waals surface area contributed by atoms with Gasteiger partial charge in [0.05, 0.1) is 18.2 Å². The molecule has 0 spiro atoms. The van der Waals surface area contributed by atoms with Crippen LogP contribution < -0.4 is 5.32 Å². The molecule has 1 N–H and O–H groups in total. The molecule has 2 aromatic carbocycles. The second-order valence-corrected chi connectivity index (χ2v) is 7.83. The minimum atomic E-state index is -0.344. The normalized spacial score (nSPS) is 10.8. The van der Waals surface area contributed by atoms with Crippen molar-refractivity contribution in [3.63, 3.8) is 0 Å². The van der Waals surface area contributed by atoms with Crippen LogP contribution in [0.25, 0.3) is 10.6 Å². The summed E-state index contributed by atoms with van der Waals surface area (Å²) in [5.74, 6) is -0.360. The quantitative estimate of drug-likeness (QED) is 0.498. The molecule has 0 bridgehead atoms. The number of carbonyl (C=O) groups is 1.